The van der Waals surface area contributed by atoms with Crippen LogP contribution in [0.2, 0.25) is 0 Å². The number of unbranched alkanes of at least 4 members (excludes halogenated alkanes) is 25. The lowest BCUT2D eigenvalue weighted by molar-refractivity contribution is -0.361. The van der Waals surface area contributed by atoms with E-state index in [1.54, 1.807) is 0 Å². The minimum atomic E-state index is -2.42. The lowest BCUT2D eigenvalue weighted by atomic mass is 9.93. The quantitative estimate of drug-likeness (QED) is 0.0552. The van der Waals surface area contributed by atoms with Gasteiger partial charge in [0.15, 0.2) is 0 Å². The van der Waals surface area contributed by atoms with E-state index in [0.29, 0.717) is 12.8 Å². The summed E-state index contributed by atoms with van der Waals surface area (Å²) in [6, 6.07) is 0. The third-order valence-corrected chi connectivity index (χ3v) is 8.15. The lowest BCUT2D eigenvalue weighted by Crippen LogP contribution is -2.54. The van der Waals surface area contributed by atoms with Gasteiger partial charge in [-0.3, -0.25) is 0 Å². The van der Waals surface area contributed by atoms with Crippen LogP contribution in [0.15, 0.2) is 0 Å². The molecule has 4 N–H and O–H groups in total. The zero-order valence-electron chi connectivity index (χ0n) is 25.3. The van der Waals surface area contributed by atoms with E-state index in [0.717, 1.165) is 25.7 Å². The van der Waals surface area contributed by atoms with Crippen molar-refractivity contribution in [3.63, 3.8) is 0 Å². The average molecular weight is 529 g/mol. The van der Waals surface area contributed by atoms with Crippen LogP contribution in [-0.2, 0) is 0 Å². The summed E-state index contributed by atoms with van der Waals surface area (Å²) in [6.45, 7) is 4.52. The fraction of sp³-hybridized carbons (Fsp3) is 1.00. The number of rotatable bonds is 30. The van der Waals surface area contributed by atoms with Gasteiger partial charge in [0.25, 0.3) is 0 Å². The van der Waals surface area contributed by atoms with E-state index in [-0.39, 0.29) is 12.8 Å². The Balaban J connectivity index is 3.57. The molecule has 0 rings (SSSR count). The molecule has 0 saturated carbocycles. The van der Waals surface area contributed by atoms with Crippen molar-refractivity contribution < 1.29 is 20.4 Å². The van der Waals surface area contributed by atoms with Crippen LogP contribution in [-0.4, -0.2) is 32.0 Å². The summed E-state index contributed by atoms with van der Waals surface area (Å²) in [4.78, 5) is 0. The van der Waals surface area contributed by atoms with Crippen molar-refractivity contribution in [2.24, 2.45) is 0 Å². The average Bonchev–Trinajstić information content (AvgIpc) is 2.86. The SMILES string of the molecule is CCCCCCCCCCCCCCCCCC(O)(O)C(O)(O)CCCCCCCCCCCCCC. The van der Waals surface area contributed by atoms with E-state index in [9.17, 15) is 20.4 Å². The molecular weight excluding hydrogens is 460 g/mol. The zero-order valence-corrected chi connectivity index (χ0v) is 25.3. The predicted molar refractivity (Wildman–Crippen MR) is 160 cm³/mol. The van der Waals surface area contributed by atoms with Crippen molar-refractivity contribution in [2.45, 2.75) is 212 Å². The Hall–Kier alpha value is -0.160. The molecule has 0 aromatic carbocycles. The van der Waals surface area contributed by atoms with Crippen LogP contribution in [0.1, 0.15) is 200 Å². The molecule has 0 amide bonds. The van der Waals surface area contributed by atoms with Crippen LogP contribution in [0.5, 0.6) is 0 Å². The maximum absolute atomic E-state index is 10.3. The molecule has 0 fully saturated rings. The van der Waals surface area contributed by atoms with Crippen molar-refractivity contribution in [3.8, 4) is 0 Å². The van der Waals surface area contributed by atoms with Gasteiger partial charge < -0.3 is 20.4 Å². The van der Waals surface area contributed by atoms with Gasteiger partial charge in [0.1, 0.15) is 0 Å². The normalized spacial score (nSPS) is 12.5. The van der Waals surface area contributed by atoms with Gasteiger partial charge in [0.05, 0.1) is 0 Å². The number of aliphatic hydroxyl groups is 4. The smallest absolute Gasteiger partial charge is 0.218 e. The molecule has 4 nitrogen and oxygen atoms in total. The maximum atomic E-state index is 10.3. The van der Waals surface area contributed by atoms with Crippen molar-refractivity contribution in [1.82, 2.24) is 0 Å². The molecule has 0 spiro atoms. The van der Waals surface area contributed by atoms with Crippen LogP contribution in [0.3, 0.4) is 0 Å². The summed E-state index contributed by atoms with van der Waals surface area (Å²) in [6.07, 6.45) is 33.2. The predicted octanol–water partition coefficient (Wildman–Crippen LogP) is 9.70. The van der Waals surface area contributed by atoms with Crippen LogP contribution < -0.4 is 0 Å². The van der Waals surface area contributed by atoms with Crippen molar-refractivity contribution in [2.75, 3.05) is 0 Å². The first-order chi connectivity index (χ1) is 17.9. The minimum Gasteiger partial charge on any atom is -0.361 e. The second kappa shape index (κ2) is 26.1. The van der Waals surface area contributed by atoms with E-state index in [1.165, 1.54) is 135 Å². The monoisotopic (exact) mass is 529 g/mol. The van der Waals surface area contributed by atoms with Crippen LogP contribution in [0.4, 0.5) is 0 Å². The van der Waals surface area contributed by atoms with Gasteiger partial charge in [-0.2, -0.15) is 0 Å². The van der Waals surface area contributed by atoms with Crippen molar-refractivity contribution in [3.05, 3.63) is 0 Å². The Morgan fingerprint density at radius 1 is 0.270 bits per heavy atom. The molecule has 0 bridgehead atoms. The zero-order chi connectivity index (χ0) is 27.5. The van der Waals surface area contributed by atoms with Gasteiger partial charge in [-0.25, -0.2) is 0 Å². The highest BCUT2D eigenvalue weighted by Gasteiger charge is 2.45. The molecule has 0 aliphatic heterocycles. The minimum absolute atomic E-state index is 0.0240. The first-order valence-corrected chi connectivity index (χ1v) is 16.8. The molecule has 37 heavy (non-hydrogen) atoms. The number of hydrogen-bond donors (Lipinski definition) is 4. The topological polar surface area (TPSA) is 80.9 Å². The highest BCUT2D eigenvalue weighted by atomic mass is 16.6. The van der Waals surface area contributed by atoms with Gasteiger partial charge >= 0.3 is 0 Å². The third-order valence-electron chi connectivity index (χ3n) is 8.15. The lowest BCUT2D eigenvalue weighted by Gasteiger charge is -2.35. The fourth-order valence-electron chi connectivity index (χ4n) is 5.36. The Morgan fingerprint density at radius 2 is 0.432 bits per heavy atom. The summed E-state index contributed by atoms with van der Waals surface area (Å²) in [5, 5.41) is 41.1. The molecule has 0 aromatic rings. The summed E-state index contributed by atoms with van der Waals surface area (Å²) in [5.41, 5.74) is 0. The Bertz CT molecular complexity index is 450. The Morgan fingerprint density at radius 3 is 0.622 bits per heavy atom. The van der Waals surface area contributed by atoms with E-state index >= 15 is 0 Å². The molecule has 0 aliphatic rings. The van der Waals surface area contributed by atoms with Gasteiger partial charge in [-0.1, -0.05) is 174 Å². The van der Waals surface area contributed by atoms with Crippen molar-refractivity contribution >= 4 is 0 Å². The first-order valence-electron chi connectivity index (χ1n) is 16.8. The molecule has 0 radical (unpaired) electrons. The highest BCUT2D eigenvalue weighted by Crippen LogP contribution is 2.29. The molecule has 4 heteroatoms. The van der Waals surface area contributed by atoms with E-state index in [2.05, 4.69) is 13.8 Å². The third kappa shape index (κ3) is 23.4. The summed E-state index contributed by atoms with van der Waals surface area (Å²) in [7, 11) is 0. The first kappa shape index (κ1) is 36.8. The molecule has 0 unspecified atom stereocenters. The number of hydrogen-bond acceptors (Lipinski definition) is 4. The standard InChI is InChI=1S/C33H68O4/c1-3-5-7-9-11-13-15-17-18-19-21-23-25-27-29-31-33(36,37)32(34,35)30-28-26-24-22-20-16-14-12-10-8-6-4-2/h34-37H,3-31H2,1-2H3. The van der Waals surface area contributed by atoms with E-state index in [1.807, 2.05) is 0 Å². The van der Waals surface area contributed by atoms with Crippen molar-refractivity contribution in [1.29, 1.82) is 0 Å². The largest absolute Gasteiger partial charge is 0.361 e. The fourth-order valence-corrected chi connectivity index (χ4v) is 5.36. The second-order valence-electron chi connectivity index (χ2n) is 12.0. The van der Waals surface area contributed by atoms with Crippen LogP contribution >= 0.6 is 0 Å². The van der Waals surface area contributed by atoms with E-state index < -0.39 is 11.6 Å². The molecule has 0 saturated heterocycles. The van der Waals surface area contributed by atoms with Crippen LogP contribution in [0.25, 0.3) is 0 Å². The van der Waals surface area contributed by atoms with Gasteiger partial charge in [0, 0.05) is 12.8 Å². The van der Waals surface area contributed by atoms with Gasteiger partial charge in [0.2, 0.25) is 11.6 Å². The molecule has 0 aromatic heterocycles. The Labute approximate surface area is 232 Å². The summed E-state index contributed by atoms with van der Waals surface area (Å²) in [5.74, 6) is -4.83. The molecule has 0 atom stereocenters. The van der Waals surface area contributed by atoms with Gasteiger partial charge in [-0.05, 0) is 12.8 Å². The molecule has 224 valence electrons. The second-order valence-corrected chi connectivity index (χ2v) is 12.0. The molecule has 0 heterocycles. The summed E-state index contributed by atoms with van der Waals surface area (Å²) < 4.78 is 0. The maximum Gasteiger partial charge on any atom is 0.218 e. The van der Waals surface area contributed by atoms with E-state index in [4.69, 9.17) is 0 Å². The highest BCUT2D eigenvalue weighted by molar-refractivity contribution is 4.82. The van der Waals surface area contributed by atoms with Gasteiger partial charge in [-0.15, -0.1) is 0 Å². The molecular formula is C33H68O4. The van der Waals surface area contributed by atoms with Crippen LogP contribution in [0, 0.1) is 0 Å². The Kier molecular flexibility index (Phi) is 26.0. The molecule has 0 aliphatic carbocycles. The summed E-state index contributed by atoms with van der Waals surface area (Å²) >= 11 is 0.